The third-order valence-electron chi connectivity index (χ3n) is 2.48. The molecule has 102 valence electrons. The Morgan fingerprint density at radius 1 is 1.50 bits per heavy atom. The molecule has 2 aromatic heterocycles. The van der Waals surface area contributed by atoms with Crippen molar-refractivity contribution in [3.8, 4) is 11.8 Å². The van der Waals surface area contributed by atoms with Crippen molar-refractivity contribution in [3.05, 3.63) is 41.9 Å². The first-order valence-corrected chi connectivity index (χ1v) is 6.05. The Morgan fingerprint density at radius 3 is 3.05 bits per heavy atom. The highest BCUT2D eigenvalue weighted by molar-refractivity contribution is 6.05. The van der Waals surface area contributed by atoms with Gasteiger partial charge in [-0.2, -0.15) is 5.10 Å². The molecule has 2 heterocycles. The number of rotatable bonds is 3. The molecule has 0 unspecified atom stereocenters. The minimum atomic E-state index is -0.292. The van der Waals surface area contributed by atoms with Crippen LogP contribution in [-0.2, 0) is 7.05 Å². The number of hydrogen-bond acceptors (Lipinski definition) is 4. The second-order valence-electron chi connectivity index (χ2n) is 4.03. The quantitative estimate of drug-likeness (QED) is 0.808. The lowest BCUT2D eigenvalue weighted by Gasteiger charge is -2.03. The second-order valence-corrected chi connectivity index (χ2v) is 4.03. The molecule has 2 aromatic rings. The van der Waals surface area contributed by atoms with Crippen LogP contribution in [0.15, 0.2) is 30.7 Å². The van der Waals surface area contributed by atoms with Crippen molar-refractivity contribution in [1.82, 2.24) is 14.8 Å². The predicted octanol–water partition coefficient (Wildman–Crippen LogP) is 0.801. The fourth-order valence-electron chi connectivity index (χ4n) is 1.57. The largest absolute Gasteiger partial charge is 0.395 e. The van der Waals surface area contributed by atoms with E-state index < -0.39 is 0 Å². The maximum absolute atomic E-state index is 12.2. The van der Waals surface area contributed by atoms with Crippen LogP contribution in [0.25, 0.3) is 0 Å². The van der Waals surface area contributed by atoms with Gasteiger partial charge in [0, 0.05) is 38.1 Å². The molecule has 0 bridgehead atoms. The summed E-state index contributed by atoms with van der Waals surface area (Å²) in [7, 11) is 1.77. The molecule has 2 N–H and O–H groups in total. The number of amides is 1. The van der Waals surface area contributed by atoms with Crippen molar-refractivity contribution in [3.63, 3.8) is 0 Å². The molecule has 0 aliphatic carbocycles. The summed E-state index contributed by atoms with van der Waals surface area (Å²) in [5.41, 5.74) is 0.950. The Balaban J connectivity index is 2.19. The Hall–Kier alpha value is -2.65. The molecule has 2 rings (SSSR count). The number of hydrogen-bond donors (Lipinski definition) is 2. The number of aromatic nitrogens is 3. The topological polar surface area (TPSA) is 80.0 Å². The SMILES string of the molecule is Cn1ccc(NC(=O)c2ccncc2C#CCCO)n1. The van der Waals surface area contributed by atoms with E-state index >= 15 is 0 Å². The Bertz CT molecular complexity index is 667. The highest BCUT2D eigenvalue weighted by atomic mass is 16.2. The van der Waals surface area contributed by atoms with Gasteiger partial charge >= 0.3 is 0 Å². The summed E-state index contributed by atoms with van der Waals surface area (Å²) < 4.78 is 1.60. The van der Waals surface area contributed by atoms with E-state index in [0.29, 0.717) is 23.4 Å². The fraction of sp³-hybridized carbons (Fsp3) is 0.214. The highest BCUT2D eigenvalue weighted by Gasteiger charge is 2.11. The van der Waals surface area contributed by atoms with E-state index in [9.17, 15) is 4.79 Å². The number of nitrogens with one attached hydrogen (secondary N) is 1. The molecular formula is C14H14N4O2. The maximum Gasteiger partial charge on any atom is 0.258 e. The van der Waals surface area contributed by atoms with E-state index in [2.05, 4.69) is 27.2 Å². The zero-order chi connectivity index (χ0) is 14.4. The number of carbonyl (C=O) groups is 1. The summed E-state index contributed by atoms with van der Waals surface area (Å²) in [4.78, 5) is 16.1. The molecule has 0 fully saturated rings. The zero-order valence-electron chi connectivity index (χ0n) is 11.0. The first-order chi connectivity index (χ1) is 9.70. The lowest BCUT2D eigenvalue weighted by atomic mass is 10.1. The zero-order valence-corrected chi connectivity index (χ0v) is 11.0. The van der Waals surface area contributed by atoms with Crippen LogP contribution in [0.2, 0.25) is 0 Å². The summed E-state index contributed by atoms with van der Waals surface area (Å²) in [6.45, 7) is -0.0112. The van der Waals surface area contributed by atoms with Crippen LogP contribution in [-0.4, -0.2) is 32.4 Å². The van der Waals surface area contributed by atoms with Crippen molar-refractivity contribution >= 4 is 11.7 Å². The molecule has 0 atom stereocenters. The van der Waals surface area contributed by atoms with E-state index in [-0.39, 0.29) is 12.5 Å². The highest BCUT2D eigenvalue weighted by Crippen LogP contribution is 2.09. The van der Waals surface area contributed by atoms with Gasteiger partial charge in [0.05, 0.1) is 17.7 Å². The molecule has 6 nitrogen and oxygen atoms in total. The third kappa shape index (κ3) is 3.43. The average molecular weight is 270 g/mol. The molecular weight excluding hydrogens is 256 g/mol. The van der Waals surface area contributed by atoms with E-state index in [0.717, 1.165) is 0 Å². The molecule has 0 spiro atoms. The van der Waals surface area contributed by atoms with Gasteiger partial charge in [-0.1, -0.05) is 11.8 Å². The standard InChI is InChI=1S/C14H14N4O2/c1-18-8-6-13(17-18)16-14(20)12-5-7-15-10-11(12)4-2-3-9-19/h5-8,10,19H,3,9H2,1H3,(H,16,17,20). The van der Waals surface area contributed by atoms with Crippen molar-refractivity contribution in [2.75, 3.05) is 11.9 Å². The number of anilines is 1. The summed E-state index contributed by atoms with van der Waals surface area (Å²) in [6, 6.07) is 3.30. The van der Waals surface area contributed by atoms with Crippen LogP contribution < -0.4 is 5.32 Å². The van der Waals surface area contributed by atoms with Crippen molar-refractivity contribution in [2.24, 2.45) is 7.05 Å². The average Bonchev–Trinajstić information content (AvgIpc) is 2.85. The van der Waals surface area contributed by atoms with Crippen molar-refractivity contribution in [2.45, 2.75) is 6.42 Å². The smallest absolute Gasteiger partial charge is 0.258 e. The van der Waals surface area contributed by atoms with E-state index in [1.54, 1.807) is 30.1 Å². The van der Waals surface area contributed by atoms with E-state index in [4.69, 9.17) is 5.11 Å². The fourth-order valence-corrected chi connectivity index (χ4v) is 1.57. The molecule has 0 radical (unpaired) electrons. The minimum Gasteiger partial charge on any atom is -0.395 e. The van der Waals surface area contributed by atoms with Crippen molar-refractivity contribution < 1.29 is 9.90 Å². The number of aliphatic hydroxyl groups excluding tert-OH is 1. The van der Waals surface area contributed by atoms with Gasteiger partial charge in [0.2, 0.25) is 0 Å². The summed E-state index contributed by atoms with van der Waals surface area (Å²) in [5, 5.41) is 15.5. The molecule has 0 aliphatic rings. The van der Waals surface area contributed by atoms with Gasteiger partial charge in [-0.3, -0.25) is 14.5 Å². The molecule has 0 aromatic carbocycles. The van der Waals surface area contributed by atoms with Crippen LogP contribution in [0, 0.1) is 11.8 Å². The summed E-state index contributed by atoms with van der Waals surface area (Å²) in [5.74, 6) is 5.79. The number of aryl methyl sites for hydroxylation is 1. The Kier molecular flexibility index (Phi) is 4.47. The lowest BCUT2D eigenvalue weighted by Crippen LogP contribution is -2.14. The second kappa shape index (κ2) is 6.50. The maximum atomic E-state index is 12.2. The molecule has 0 aliphatic heterocycles. The number of carbonyl (C=O) groups excluding carboxylic acids is 1. The lowest BCUT2D eigenvalue weighted by molar-refractivity contribution is 0.102. The molecule has 0 saturated heterocycles. The summed E-state index contributed by atoms with van der Waals surface area (Å²) >= 11 is 0. The van der Waals surface area contributed by atoms with Crippen LogP contribution in [0.5, 0.6) is 0 Å². The van der Waals surface area contributed by atoms with Gasteiger partial charge in [-0.05, 0) is 6.07 Å². The van der Waals surface area contributed by atoms with Crippen LogP contribution >= 0.6 is 0 Å². The van der Waals surface area contributed by atoms with E-state index in [1.165, 1.54) is 12.4 Å². The Labute approximate surface area is 116 Å². The van der Waals surface area contributed by atoms with Crippen LogP contribution in [0.4, 0.5) is 5.82 Å². The minimum absolute atomic E-state index is 0.0112. The predicted molar refractivity (Wildman–Crippen MR) is 74.0 cm³/mol. The molecule has 20 heavy (non-hydrogen) atoms. The van der Waals surface area contributed by atoms with Crippen LogP contribution in [0.3, 0.4) is 0 Å². The molecule has 1 amide bonds. The van der Waals surface area contributed by atoms with Gasteiger partial charge < -0.3 is 10.4 Å². The van der Waals surface area contributed by atoms with Gasteiger partial charge in [0.25, 0.3) is 5.91 Å². The Morgan fingerprint density at radius 2 is 2.35 bits per heavy atom. The van der Waals surface area contributed by atoms with Gasteiger partial charge in [0.1, 0.15) is 0 Å². The number of pyridine rings is 1. The van der Waals surface area contributed by atoms with Crippen molar-refractivity contribution in [1.29, 1.82) is 0 Å². The number of aliphatic hydroxyl groups is 1. The number of nitrogens with zero attached hydrogens (tertiary/aromatic N) is 3. The summed E-state index contributed by atoms with van der Waals surface area (Å²) in [6.07, 6.45) is 5.16. The molecule has 0 saturated carbocycles. The normalized spacial score (nSPS) is 9.70. The monoisotopic (exact) mass is 270 g/mol. The molecule has 6 heteroatoms. The van der Waals surface area contributed by atoms with E-state index in [1.807, 2.05) is 0 Å². The third-order valence-corrected chi connectivity index (χ3v) is 2.48. The first-order valence-electron chi connectivity index (χ1n) is 6.05. The van der Waals surface area contributed by atoms with Crippen LogP contribution in [0.1, 0.15) is 22.3 Å². The van der Waals surface area contributed by atoms with Gasteiger partial charge in [0.15, 0.2) is 5.82 Å². The first kappa shape index (κ1) is 13.8. The van der Waals surface area contributed by atoms with Gasteiger partial charge in [-0.15, -0.1) is 0 Å². The van der Waals surface area contributed by atoms with Gasteiger partial charge in [-0.25, -0.2) is 0 Å².